The summed E-state index contributed by atoms with van der Waals surface area (Å²) in [5.74, 6) is -0.757. The third kappa shape index (κ3) is 3.00. The molecule has 118 valence electrons. The van der Waals surface area contributed by atoms with Crippen molar-refractivity contribution in [2.75, 3.05) is 7.11 Å². The minimum Gasteiger partial charge on any atom is -0.468 e. The maximum absolute atomic E-state index is 12.6. The minimum atomic E-state index is -1.29. The highest BCUT2D eigenvalue weighted by Gasteiger charge is 2.47. The number of methoxy groups -OCH3 is 1. The lowest BCUT2D eigenvalue weighted by Gasteiger charge is -2.28. The Morgan fingerprint density at radius 1 is 1.32 bits per heavy atom. The van der Waals surface area contributed by atoms with Crippen molar-refractivity contribution < 1.29 is 19.2 Å². The van der Waals surface area contributed by atoms with E-state index in [4.69, 9.17) is 4.74 Å². The number of benzene rings is 1. The van der Waals surface area contributed by atoms with E-state index in [9.17, 15) is 19.7 Å². The molecule has 0 radical (unpaired) electrons. The SMILES string of the molecule is COC(=O)C1(Cc2ccccc2[N+](=O)[O-])CCCCCC1=O. The normalized spacial score (nSPS) is 22.0. The zero-order valence-electron chi connectivity index (χ0n) is 12.5. The average molecular weight is 305 g/mol. The van der Waals surface area contributed by atoms with Crippen molar-refractivity contribution in [3.8, 4) is 0 Å². The van der Waals surface area contributed by atoms with E-state index in [0.717, 1.165) is 19.3 Å². The molecular formula is C16H19NO5. The number of carbonyl (C=O) groups excluding carboxylic acids is 2. The molecule has 1 aliphatic rings. The van der Waals surface area contributed by atoms with Gasteiger partial charge in [0.2, 0.25) is 0 Å². The summed E-state index contributed by atoms with van der Waals surface area (Å²) in [5, 5.41) is 11.2. The number of hydrogen-bond donors (Lipinski definition) is 0. The number of para-hydroxylation sites is 1. The Morgan fingerprint density at radius 3 is 2.73 bits per heavy atom. The summed E-state index contributed by atoms with van der Waals surface area (Å²) in [7, 11) is 1.25. The number of hydrogen-bond acceptors (Lipinski definition) is 5. The van der Waals surface area contributed by atoms with E-state index < -0.39 is 16.3 Å². The molecule has 22 heavy (non-hydrogen) atoms. The minimum absolute atomic E-state index is 0.0235. The summed E-state index contributed by atoms with van der Waals surface area (Å²) in [5.41, 5.74) is -0.965. The van der Waals surface area contributed by atoms with E-state index in [2.05, 4.69) is 0 Å². The second-order valence-electron chi connectivity index (χ2n) is 5.62. The van der Waals surface area contributed by atoms with E-state index in [1.54, 1.807) is 18.2 Å². The predicted octanol–water partition coefficient (Wildman–Crippen LogP) is 2.83. The Bertz CT molecular complexity index is 598. The molecule has 1 atom stereocenters. The number of nitro groups is 1. The molecule has 1 saturated carbocycles. The molecule has 2 rings (SSSR count). The first-order valence-corrected chi connectivity index (χ1v) is 7.35. The summed E-state index contributed by atoms with van der Waals surface area (Å²) in [6, 6.07) is 6.23. The number of esters is 1. The number of Topliss-reactive ketones (excluding diaryl/α,β-unsaturated/α-hetero) is 1. The number of carbonyl (C=O) groups is 2. The van der Waals surface area contributed by atoms with Crippen molar-refractivity contribution >= 4 is 17.4 Å². The van der Waals surface area contributed by atoms with Gasteiger partial charge in [0.05, 0.1) is 12.0 Å². The van der Waals surface area contributed by atoms with Crippen LogP contribution >= 0.6 is 0 Å². The van der Waals surface area contributed by atoms with Crippen molar-refractivity contribution in [3.63, 3.8) is 0 Å². The van der Waals surface area contributed by atoms with Crippen LogP contribution in [0.25, 0.3) is 0 Å². The molecule has 6 heteroatoms. The summed E-state index contributed by atoms with van der Waals surface area (Å²) < 4.78 is 4.86. The van der Waals surface area contributed by atoms with Crippen LogP contribution in [0.15, 0.2) is 24.3 Å². The van der Waals surface area contributed by atoms with Gasteiger partial charge in [-0.3, -0.25) is 19.7 Å². The highest BCUT2D eigenvalue weighted by Crippen LogP contribution is 2.38. The van der Waals surface area contributed by atoms with Gasteiger partial charge in [0.15, 0.2) is 5.78 Å². The molecule has 0 spiro atoms. The zero-order chi connectivity index (χ0) is 16.2. The number of ketones is 1. The van der Waals surface area contributed by atoms with Crippen LogP contribution in [-0.2, 0) is 20.7 Å². The quantitative estimate of drug-likeness (QED) is 0.281. The van der Waals surface area contributed by atoms with Gasteiger partial charge < -0.3 is 4.74 Å². The number of ether oxygens (including phenoxy) is 1. The van der Waals surface area contributed by atoms with E-state index in [-0.39, 0.29) is 17.9 Å². The molecule has 1 unspecified atom stereocenters. The zero-order valence-corrected chi connectivity index (χ0v) is 12.5. The first-order chi connectivity index (χ1) is 10.5. The smallest absolute Gasteiger partial charge is 0.319 e. The Labute approximate surface area is 128 Å². The average Bonchev–Trinajstić information content (AvgIpc) is 2.70. The molecular weight excluding hydrogens is 286 g/mol. The Hall–Kier alpha value is -2.24. The van der Waals surface area contributed by atoms with Crippen LogP contribution < -0.4 is 0 Å². The first kappa shape index (κ1) is 16.1. The fraction of sp³-hybridized carbons (Fsp3) is 0.500. The van der Waals surface area contributed by atoms with Crippen LogP contribution in [0.4, 0.5) is 5.69 Å². The van der Waals surface area contributed by atoms with Crippen molar-refractivity contribution in [2.24, 2.45) is 5.41 Å². The summed E-state index contributed by atoms with van der Waals surface area (Å²) in [6.45, 7) is 0. The van der Waals surface area contributed by atoms with Gasteiger partial charge in [-0.1, -0.05) is 31.0 Å². The van der Waals surface area contributed by atoms with Crippen LogP contribution in [0.3, 0.4) is 0 Å². The molecule has 0 bridgehead atoms. The van der Waals surface area contributed by atoms with Crippen molar-refractivity contribution in [2.45, 2.75) is 38.5 Å². The Kier molecular flexibility index (Phi) is 4.90. The van der Waals surface area contributed by atoms with Gasteiger partial charge in [0.25, 0.3) is 5.69 Å². The van der Waals surface area contributed by atoms with Gasteiger partial charge in [0, 0.05) is 24.5 Å². The summed E-state index contributed by atoms with van der Waals surface area (Å²) in [6.07, 6.45) is 3.08. The molecule has 0 aliphatic heterocycles. The van der Waals surface area contributed by atoms with Gasteiger partial charge in [0.1, 0.15) is 5.41 Å². The van der Waals surface area contributed by atoms with E-state index in [0.29, 0.717) is 18.4 Å². The molecule has 0 aromatic heterocycles. The monoisotopic (exact) mass is 305 g/mol. The molecule has 0 heterocycles. The van der Waals surface area contributed by atoms with Crippen molar-refractivity contribution in [1.29, 1.82) is 0 Å². The topological polar surface area (TPSA) is 86.5 Å². The second kappa shape index (κ2) is 6.68. The van der Waals surface area contributed by atoms with Crippen LogP contribution in [0.5, 0.6) is 0 Å². The highest BCUT2D eigenvalue weighted by molar-refractivity contribution is 6.04. The Morgan fingerprint density at radius 2 is 2.05 bits per heavy atom. The van der Waals surface area contributed by atoms with Crippen LogP contribution in [0.2, 0.25) is 0 Å². The Balaban J connectivity index is 2.45. The lowest BCUT2D eigenvalue weighted by atomic mass is 9.74. The third-order valence-corrected chi connectivity index (χ3v) is 4.30. The molecule has 1 aliphatic carbocycles. The maximum Gasteiger partial charge on any atom is 0.319 e. The number of nitrogens with zero attached hydrogens (tertiary/aromatic N) is 1. The fourth-order valence-corrected chi connectivity index (χ4v) is 3.10. The lowest BCUT2D eigenvalue weighted by Crippen LogP contribution is -2.41. The lowest BCUT2D eigenvalue weighted by molar-refractivity contribution is -0.385. The molecule has 1 aromatic rings. The van der Waals surface area contributed by atoms with Crippen molar-refractivity contribution in [1.82, 2.24) is 0 Å². The maximum atomic E-state index is 12.6. The second-order valence-corrected chi connectivity index (χ2v) is 5.62. The van der Waals surface area contributed by atoms with E-state index >= 15 is 0 Å². The molecule has 0 amide bonds. The standard InChI is InChI=1S/C16H19NO5/c1-22-15(19)16(10-6-2-3-9-14(16)18)11-12-7-4-5-8-13(12)17(20)21/h4-5,7-8H,2-3,6,9-11H2,1H3. The summed E-state index contributed by atoms with van der Waals surface area (Å²) in [4.78, 5) is 35.6. The molecule has 1 aromatic carbocycles. The van der Waals surface area contributed by atoms with Crippen molar-refractivity contribution in [3.05, 3.63) is 39.9 Å². The molecule has 1 fully saturated rings. The molecule has 6 nitrogen and oxygen atoms in total. The van der Waals surface area contributed by atoms with E-state index in [1.807, 2.05) is 0 Å². The van der Waals surface area contributed by atoms with Gasteiger partial charge in [-0.15, -0.1) is 0 Å². The largest absolute Gasteiger partial charge is 0.468 e. The van der Waals surface area contributed by atoms with E-state index in [1.165, 1.54) is 13.2 Å². The van der Waals surface area contributed by atoms with Crippen LogP contribution in [-0.4, -0.2) is 23.8 Å². The van der Waals surface area contributed by atoms with Crippen LogP contribution in [0.1, 0.15) is 37.7 Å². The molecule has 0 saturated heterocycles. The summed E-state index contributed by atoms with van der Waals surface area (Å²) >= 11 is 0. The van der Waals surface area contributed by atoms with Gasteiger partial charge in [-0.25, -0.2) is 0 Å². The first-order valence-electron chi connectivity index (χ1n) is 7.35. The highest BCUT2D eigenvalue weighted by atomic mass is 16.6. The van der Waals surface area contributed by atoms with Gasteiger partial charge in [-0.05, 0) is 12.8 Å². The fourth-order valence-electron chi connectivity index (χ4n) is 3.10. The predicted molar refractivity (Wildman–Crippen MR) is 79.3 cm³/mol. The third-order valence-electron chi connectivity index (χ3n) is 4.30. The number of nitro benzene ring substituents is 1. The van der Waals surface area contributed by atoms with Gasteiger partial charge in [-0.2, -0.15) is 0 Å². The number of rotatable bonds is 4. The molecule has 0 N–H and O–H groups in total. The van der Waals surface area contributed by atoms with Crippen LogP contribution in [0, 0.1) is 15.5 Å². The van der Waals surface area contributed by atoms with Gasteiger partial charge >= 0.3 is 5.97 Å².